The fourth-order valence-corrected chi connectivity index (χ4v) is 4.65. The van der Waals surface area contributed by atoms with Crippen molar-refractivity contribution in [3.05, 3.63) is 23.0 Å². The van der Waals surface area contributed by atoms with E-state index >= 15 is 0 Å². The van der Waals surface area contributed by atoms with Gasteiger partial charge in [-0.25, -0.2) is 0 Å². The van der Waals surface area contributed by atoms with Gasteiger partial charge in [0.2, 0.25) is 0 Å². The molecule has 3 atom stereocenters. The average Bonchev–Trinajstić information content (AvgIpc) is 3.17. The van der Waals surface area contributed by atoms with Crippen LogP contribution < -0.4 is 4.74 Å². The molecule has 1 heterocycles. The number of hydrogen-bond acceptors (Lipinski definition) is 2. The van der Waals surface area contributed by atoms with Crippen LogP contribution in [-0.4, -0.2) is 16.2 Å². The molecule has 0 amide bonds. The molecule has 0 spiro atoms. The lowest BCUT2D eigenvalue weighted by Gasteiger charge is -2.23. The number of nitrogens with zero attached hydrogens (tertiary/aromatic N) is 1. The summed E-state index contributed by atoms with van der Waals surface area (Å²) in [4.78, 5) is 3.39. The third kappa shape index (κ3) is 2.11. The van der Waals surface area contributed by atoms with E-state index in [2.05, 4.69) is 28.6 Å². The molecule has 2 bridgehead atoms. The average molecular weight is 302 g/mol. The monoisotopic (exact) mass is 302 g/mol. The highest BCUT2D eigenvalue weighted by Gasteiger charge is 2.41. The number of nitrogens with one attached hydrogen (secondary N) is 1. The number of benzene rings is 1. The Labute approximate surface area is 130 Å². The summed E-state index contributed by atoms with van der Waals surface area (Å²) in [7, 11) is 0. The van der Waals surface area contributed by atoms with Crippen molar-refractivity contribution >= 4 is 23.3 Å². The number of imidazole rings is 1. The van der Waals surface area contributed by atoms with Crippen molar-refractivity contribution in [2.45, 2.75) is 45.1 Å². The summed E-state index contributed by atoms with van der Waals surface area (Å²) < 4.78 is 9.10. The number of fused-ring (bicyclic) bond motifs is 3. The zero-order valence-electron chi connectivity index (χ0n) is 12.5. The Hall–Kier alpha value is -1.29. The summed E-state index contributed by atoms with van der Waals surface area (Å²) >= 11 is 5.63. The van der Waals surface area contributed by atoms with E-state index in [-0.39, 0.29) is 0 Å². The van der Waals surface area contributed by atoms with Crippen molar-refractivity contribution in [3.8, 4) is 5.75 Å². The van der Waals surface area contributed by atoms with Crippen LogP contribution in [0.4, 0.5) is 0 Å². The van der Waals surface area contributed by atoms with Gasteiger partial charge in [0.15, 0.2) is 4.77 Å². The van der Waals surface area contributed by atoms with Gasteiger partial charge in [0, 0.05) is 6.04 Å². The molecule has 3 nitrogen and oxygen atoms in total. The van der Waals surface area contributed by atoms with Gasteiger partial charge < -0.3 is 14.3 Å². The Kier molecular flexibility index (Phi) is 3.29. The van der Waals surface area contributed by atoms with Gasteiger partial charge in [0.05, 0.1) is 12.1 Å². The first-order valence-corrected chi connectivity index (χ1v) is 8.54. The Morgan fingerprint density at radius 1 is 1.33 bits per heavy atom. The van der Waals surface area contributed by atoms with Crippen molar-refractivity contribution in [1.29, 1.82) is 0 Å². The number of hydrogen-bond donors (Lipinski definition) is 1. The highest BCUT2D eigenvalue weighted by Crippen LogP contribution is 2.51. The van der Waals surface area contributed by atoms with E-state index in [9.17, 15) is 0 Å². The van der Waals surface area contributed by atoms with Crippen molar-refractivity contribution in [3.63, 3.8) is 0 Å². The molecule has 4 rings (SSSR count). The van der Waals surface area contributed by atoms with Gasteiger partial charge in [-0.05, 0) is 61.9 Å². The lowest BCUT2D eigenvalue weighted by molar-refractivity contribution is 0.320. The molecule has 0 radical (unpaired) electrons. The number of aromatic amines is 1. The maximum Gasteiger partial charge on any atom is 0.178 e. The van der Waals surface area contributed by atoms with Crippen molar-refractivity contribution in [2.24, 2.45) is 11.8 Å². The van der Waals surface area contributed by atoms with Crippen molar-refractivity contribution in [2.75, 3.05) is 6.61 Å². The second-order valence-corrected chi connectivity index (χ2v) is 6.93. The zero-order chi connectivity index (χ0) is 14.4. The molecule has 0 saturated heterocycles. The Morgan fingerprint density at radius 2 is 2.24 bits per heavy atom. The van der Waals surface area contributed by atoms with E-state index in [0.717, 1.165) is 40.9 Å². The van der Waals surface area contributed by atoms with Crippen LogP contribution in [0.1, 0.15) is 45.1 Å². The van der Waals surface area contributed by atoms with Crippen molar-refractivity contribution < 1.29 is 4.74 Å². The van der Waals surface area contributed by atoms with Crippen LogP contribution in [0.5, 0.6) is 5.75 Å². The molecule has 1 aromatic carbocycles. The summed E-state index contributed by atoms with van der Waals surface area (Å²) in [5, 5.41) is 0. The van der Waals surface area contributed by atoms with Crippen LogP contribution in [0.2, 0.25) is 0 Å². The molecule has 2 fully saturated rings. The standard InChI is InChI=1S/C17H22N2OS/c1-2-8-20-15-5-3-4-13-16(15)18-17(21)19(13)14-10-11-6-7-12(14)9-11/h3-5,11-12,14H,2,6-10H2,1H3,(H,18,21). The molecule has 2 aliphatic carbocycles. The zero-order valence-corrected chi connectivity index (χ0v) is 13.3. The molecule has 21 heavy (non-hydrogen) atoms. The number of ether oxygens (including phenoxy) is 1. The van der Waals surface area contributed by atoms with Gasteiger partial charge in [0.25, 0.3) is 0 Å². The molecule has 3 unspecified atom stereocenters. The predicted molar refractivity (Wildman–Crippen MR) is 87.4 cm³/mol. The van der Waals surface area contributed by atoms with Crippen LogP contribution >= 0.6 is 12.2 Å². The van der Waals surface area contributed by atoms with Crippen LogP contribution in [-0.2, 0) is 0 Å². The minimum atomic E-state index is 0.589. The van der Waals surface area contributed by atoms with E-state index in [1.165, 1.54) is 31.2 Å². The summed E-state index contributed by atoms with van der Waals surface area (Å²) in [5.41, 5.74) is 2.28. The van der Waals surface area contributed by atoms with E-state index in [0.29, 0.717) is 6.04 Å². The number of H-pyrrole nitrogens is 1. The lowest BCUT2D eigenvalue weighted by atomic mass is 9.95. The molecule has 4 heteroatoms. The van der Waals surface area contributed by atoms with Crippen LogP contribution in [0.15, 0.2) is 18.2 Å². The molecule has 1 N–H and O–H groups in total. The van der Waals surface area contributed by atoms with Gasteiger partial charge in [0.1, 0.15) is 11.3 Å². The second-order valence-electron chi connectivity index (χ2n) is 6.54. The molecular formula is C17H22N2OS. The summed E-state index contributed by atoms with van der Waals surface area (Å²) in [6, 6.07) is 6.88. The van der Waals surface area contributed by atoms with Crippen LogP contribution in [0, 0.1) is 16.6 Å². The molecule has 2 aliphatic rings. The maximum atomic E-state index is 5.87. The van der Waals surface area contributed by atoms with E-state index in [4.69, 9.17) is 17.0 Å². The molecule has 1 aromatic heterocycles. The van der Waals surface area contributed by atoms with Crippen molar-refractivity contribution in [1.82, 2.24) is 9.55 Å². The summed E-state index contributed by atoms with van der Waals surface area (Å²) in [5.74, 6) is 2.68. The molecule has 0 aliphatic heterocycles. The quantitative estimate of drug-likeness (QED) is 0.818. The first kappa shape index (κ1) is 13.4. The van der Waals surface area contributed by atoms with Gasteiger partial charge in [-0.2, -0.15) is 0 Å². The predicted octanol–water partition coefficient (Wildman–Crippen LogP) is 4.85. The van der Waals surface area contributed by atoms with Crippen LogP contribution in [0.3, 0.4) is 0 Å². The van der Waals surface area contributed by atoms with Gasteiger partial charge in [-0.3, -0.25) is 0 Å². The van der Waals surface area contributed by atoms with E-state index in [1.54, 1.807) is 0 Å². The Bertz CT molecular complexity index is 717. The number of aromatic nitrogens is 2. The summed E-state index contributed by atoms with van der Waals surface area (Å²) in [6.45, 7) is 2.88. The fourth-order valence-electron chi connectivity index (χ4n) is 4.31. The third-order valence-corrected chi connectivity index (χ3v) is 5.51. The highest BCUT2D eigenvalue weighted by molar-refractivity contribution is 7.71. The maximum absolute atomic E-state index is 5.87. The largest absolute Gasteiger partial charge is 0.491 e. The smallest absolute Gasteiger partial charge is 0.178 e. The molecule has 2 aromatic rings. The first-order chi connectivity index (χ1) is 10.3. The minimum absolute atomic E-state index is 0.589. The van der Waals surface area contributed by atoms with Gasteiger partial charge in [-0.1, -0.05) is 19.4 Å². The van der Waals surface area contributed by atoms with Crippen LogP contribution in [0.25, 0.3) is 11.0 Å². The third-order valence-electron chi connectivity index (χ3n) is 5.21. The molecule has 112 valence electrons. The summed E-state index contributed by atoms with van der Waals surface area (Å²) in [6.07, 6.45) is 6.50. The SMILES string of the molecule is CCCOc1cccc2c1[nH]c(=S)n2C1CC2CCC1C2. The normalized spacial score (nSPS) is 27.6. The van der Waals surface area contributed by atoms with E-state index in [1.807, 2.05) is 6.07 Å². The second kappa shape index (κ2) is 5.16. The lowest BCUT2D eigenvalue weighted by Crippen LogP contribution is -2.16. The topological polar surface area (TPSA) is 29.9 Å². The Morgan fingerprint density at radius 3 is 2.95 bits per heavy atom. The number of rotatable bonds is 4. The van der Waals surface area contributed by atoms with Gasteiger partial charge in [-0.15, -0.1) is 0 Å². The van der Waals surface area contributed by atoms with Gasteiger partial charge >= 0.3 is 0 Å². The minimum Gasteiger partial charge on any atom is -0.491 e. The number of para-hydroxylation sites is 1. The Balaban J connectivity index is 1.79. The first-order valence-electron chi connectivity index (χ1n) is 8.14. The highest BCUT2D eigenvalue weighted by atomic mass is 32.1. The van der Waals surface area contributed by atoms with E-state index < -0.39 is 0 Å². The molecule has 2 saturated carbocycles. The fraction of sp³-hybridized carbons (Fsp3) is 0.588. The molecular weight excluding hydrogens is 280 g/mol.